The summed E-state index contributed by atoms with van der Waals surface area (Å²) in [4.78, 5) is 2.32. The number of nitrogens with two attached hydrogens (primary N) is 1. The van der Waals surface area contributed by atoms with Crippen LogP contribution in [-0.4, -0.2) is 24.8 Å². The van der Waals surface area contributed by atoms with Crippen molar-refractivity contribution in [2.45, 2.75) is 45.4 Å². The minimum absolute atomic E-state index is 0.0402. The van der Waals surface area contributed by atoms with Crippen LogP contribution in [0.3, 0.4) is 0 Å². The van der Waals surface area contributed by atoms with Gasteiger partial charge in [-0.25, -0.2) is 0 Å². The van der Waals surface area contributed by atoms with E-state index in [9.17, 15) is 0 Å². The van der Waals surface area contributed by atoms with E-state index in [0.29, 0.717) is 0 Å². The Balaban J connectivity index is 2.24. The largest absolute Gasteiger partial charge is 0.369 e. The summed E-state index contributed by atoms with van der Waals surface area (Å²) in [6, 6.07) is 6.09. The van der Waals surface area contributed by atoms with Crippen LogP contribution in [0.5, 0.6) is 0 Å². The standard InChI is InChI=1S/C15H23ClN2O/c1-10-8-18(9-15(3,4)19-10)12-5-6-13(11(2)17)14(16)7-12/h5-7,10-11H,8-9,17H2,1-4H3. The van der Waals surface area contributed by atoms with Crippen molar-refractivity contribution in [3.63, 3.8) is 0 Å². The molecule has 0 saturated carbocycles. The molecule has 1 aliphatic rings. The lowest BCUT2D eigenvalue weighted by molar-refractivity contribution is -0.0749. The highest BCUT2D eigenvalue weighted by atomic mass is 35.5. The van der Waals surface area contributed by atoms with Crippen molar-refractivity contribution in [3.8, 4) is 0 Å². The van der Waals surface area contributed by atoms with E-state index in [1.54, 1.807) is 0 Å². The van der Waals surface area contributed by atoms with Gasteiger partial charge in [0.05, 0.1) is 11.7 Å². The number of anilines is 1. The Hall–Kier alpha value is -0.770. The molecule has 2 N–H and O–H groups in total. The summed E-state index contributed by atoms with van der Waals surface area (Å²) in [6.45, 7) is 10.0. The monoisotopic (exact) mass is 282 g/mol. The maximum atomic E-state index is 6.31. The van der Waals surface area contributed by atoms with Crippen LogP contribution in [0.4, 0.5) is 5.69 Å². The van der Waals surface area contributed by atoms with Crippen molar-refractivity contribution in [2.75, 3.05) is 18.0 Å². The van der Waals surface area contributed by atoms with Crippen LogP contribution in [-0.2, 0) is 4.74 Å². The Bertz CT molecular complexity index is 459. The molecule has 2 atom stereocenters. The molecule has 0 bridgehead atoms. The van der Waals surface area contributed by atoms with Crippen LogP contribution in [0.1, 0.15) is 39.3 Å². The number of rotatable bonds is 2. The van der Waals surface area contributed by atoms with Crippen LogP contribution in [0.25, 0.3) is 0 Å². The second-order valence-corrected chi connectivity index (χ2v) is 6.47. The van der Waals surface area contributed by atoms with Crippen molar-refractivity contribution in [1.29, 1.82) is 0 Å². The summed E-state index contributed by atoms with van der Waals surface area (Å²) >= 11 is 6.31. The van der Waals surface area contributed by atoms with Gasteiger partial charge in [0.25, 0.3) is 0 Å². The van der Waals surface area contributed by atoms with Crippen molar-refractivity contribution < 1.29 is 4.74 Å². The van der Waals surface area contributed by atoms with E-state index in [1.807, 2.05) is 19.1 Å². The third-order valence-corrected chi connectivity index (χ3v) is 3.74. The predicted molar refractivity (Wildman–Crippen MR) is 80.9 cm³/mol. The van der Waals surface area contributed by atoms with Gasteiger partial charge in [-0.3, -0.25) is 0 Å². The number of morpholine rings is 1. The summed E-state index contributed by atoms with van der Waals surface area (Å²) in [5, 5.41) is 0.740. The smallest absolute Gasteiger partial charge is 0.0805 e. The topological polar surface area (TPSA) is 38.5 Å². The molecule has 19 heavy (non-hydrogen) atoms. The first-order valence-corrected chi connectivity index (χ1v) is 7.14. The molecule has 1 aromatic rings. The zero-order valence-electron chi connectivity index (χ0n) is 12.1. The van der Waals surface area contributed by atoms with Gasteiger partial charge < -0.3 is 15.4 Å². The number of hydrogen-bond acceptors (Lipinski definition) is 3. The van der Waals surface area contributed by atoms with Gasteiger partial charge in [-0.05, 0) is 45.4 Å². The van der Waals surface area contributed by atoms with Crippen LogP contribution < -0.4 is 10.6 Å². The van der Waals surface area contributed by atoms with Gasteiger partial charge >= 0.3 is 0 Å². The molecule has 2 unspecified atom stereocenters. The fourth-order valence-corrected chi connectivity index (χ4v) is 3.08. The van der Waals surface area contributed by atoms with E-state index in [0.717, 1.165) is 29.4 Å². The van der Waals surface area contributed by atoms with E-state index < -0.39 is 0 Å². The fraction of sp³-hybridized carbons (Fsp3) is 0.600. The SMILES string of the molecule is CC1CN(c2ccc(C(C)N)c(Cl)c2)CC(C)(C)O1. The van der Waals surface area contributed by atoms with Gasteiger partial charge in [0.2, 0.25) is 0 Å². The van der Waals surface area contributed by atoms with Crippen molar-refractivity contribution in [2.24, 2.45) is 5.73 Å². The Morgan fingerprint density at radius 3 is 2.68 bits per heavy atom. The fourth-order valence-electron chi connectivity index (χ4n) is 2.73. The summed E-state index contributed by atoms with van der Waals surface area (Å²) < 4.78 is 5.92. The van der Waals surface area contributed by atoms with Crippen LogP contribution in [0, 0.1) is 0 Å². The summed E-state index contributed by atoms with van der Waals surface area (Å²) in [6.07, 6.45) is 0.218. The predicted octanol–water partition coefficient (Wildman–Crippen LogP) is 3.36. The van der Waals surface area contributed by atoms with Gasteiger partial charge in [-0.1, -0.05) is 17.7 Å². The molecule has 106 valence electrons. The van der Waals surface area contributed by atoms with Gasteiger partial charge in [-0.2, -0.15) is 0 Å². The Labute approximate surface area is 120 Å². The lowest BCUT2D eigenvalue weighted by atomic mass is 10.0. The van der Waals surface area contributed by atoms with Gasteiger partial charge in [0, 0.05) is 29.8 Å². The highest BCUT2D eigenvalue weighted by molar-refractivity contribution is 6.31. The molecular formula is C15H23ClN2O. The minimum Gasteiger partial charge on any atom is -0.369 e. The highest BCUT2D eigenvalue weighted by Crippen LogP contribution is 2.30. The van der Waals surface area contributed by atoms with Crippen molar-refractivity contribution in [1.82, 2.24) is 0 Å². The summed E-state index contributed by atoms with van der Waals surface area (Å²) in [5.41, 5.74) is 7.88. The maximum absolute atomic E-state index is 6.31. The number of halogens is 1. The van der Waals surface area contributed by atoms with Crippen molar-refractivity contribution >= 4 is 17.3 Å². The summed E-state index contributed by atoms with van der Waals surface area (Å²) in [5.74, 6) is 0. The molecule has 0 aromatic heterocycles. The van der Waals surface area contributed by atoms with E-state index in [4.69, 9.17) is 22.1 Å². The van der Waals surface area contributed by atoms with Crippen LogP contribution >= 0.6 is 11.6 Å². The first-order chi connectivity index (χ1) is 8.78. The first-order valence-electron chi connectivity index (χ1n) is 6.76. The van der Waals surface area contributed by atoms with E-state index in [-0.39, 0.29) is 17.7 Å². The second-order valence-electron chi connectivity index (χ2n) is 6.06. The van der Waals surface area contributed by atoms with Crippen molar-refractivity contribution in [3.05, 3.63) is 28.8 Å². The Morgan fingerprint density at radius 2 is 2.16 bits per heavy atom. The van der Waals surface area contributed by atoms with E-state index >= 15 is 0 Å². The summed E-state index contributed by atoms with van der Waals surface area (Å²) in [7, 11) is 0. The molecule has 0 radical (unpaired) electrons. The minimum atomic E-state index is -0.135. The molecule has 1 aromatic carbocycles. The molecule has 1 saturated heterocycles. The van der Waals surface area contributed by atoms with Gasteiger partial charge in [-0.15, -0.1) is 0 Å². The third kappa shape index (κ3) is 3.41. The molecule has 1 fully saturated rings. The second kappa shape index (κ2) is 5.31. The van der Waals surface area contributed by atoms with Crippen LogP contribution in [0.2, 0.25) is 5.02 Å². The van der Waals surface area contributed by atoms with Crippen LogP contribution in [0.15, 0.2) is 18.2 Å². The molecule has 4 heteroatoms. The number of ether oxygens (including phenoxy) is 1. The molecule has 0 amide bonds. The number of nitrogens with zero attached hydrogens (tertiary/aromatic N) is 1. The average molecular weight is 283 g/mol. The molecular weight excluding hydrogens is 260 g/mol. The number of hydrogen-bond donors (Lipinski definition) is 1. The Morgan fingerprint density at radius 1 is 1.47 bits per heavy atom. The lowest BCUT2D eigenvalue weighted by Gasteiger charge is -2.43. The van der Waals surface area contributed by atoms with Gasteiger partial charge in [0.15, 0.2) is 0 Å². The maximum Gasteiger partial charge on any atom is 0.0805 e. The van der Waals surface area contributed by atoms with E-state index in [1.165, 1.54) is 0 Å². The lowest BCUT2D eigenvalue weighted by Crippen LogP contribution is -2.52. The van der Waals surface area contributed by atoms with E-state index in [2.05, 4.69) is 31.7 Å². The highest BCUT2D eigenvalue weighted by Gasteiger charge is 2.31. The molecule has 2 rings (SSSR count). The molecule has 0 aliphatic carbocycles. The molecule has 1 heterocycles. The normalized spacial score (nSPS) is 24.3. The average Bonchev–Trinajstić information content (AvgIpc) is 2.25. The zero-order chi connectivity index (χ0) is 14.2. The molecule has 3 nitrogen and oxygen atoms in total. The first kappa shape index (κ1) is 14.6. The van der Waals surface area contributed by atoms with Gasteiger partial charge in [0.1, 0.15) is 0 Å². The number of benzene rings is 1. The third-order valence-electron chi connectivity index (χ3n) is 3.41. The Kier molecular flexibility index (Phi) is 4.09. The molecule has 0 spiro atoms. The quantitative estimate of drug-likeness (QED) is 0.904. The zero-order valence-corrected chi connectivity index (χ0v) is 12.9. The molecule has 1 aliphatic heterocycles.